The number of hydrogen-bond acceptors (Lipinski definition) is 5. The van der Waals surface area contributed by atoms with E-state index < -0.39 is 28.3 Å². The van der Waals surface area contributed by atoms with E-state index >= 15 is 0 Å². The lowest BCUT2D eigenvalue weighted by Crippen LogP contribution is -2.40. The van der Waals surface area contributed by atoms with Crippen molar-refractivity contribution in [3.8, 4) is 0 Å². The summed E-state index contributed by atoms with van der Waals surface area (Å²) in [5, 5.41) is 2.32. The number of morpholine rings is 1. The molecule has 2 aromatic carbocycles. The van der Waals surface area contributed by atoms with Crippen LogP contribution < -0.4 is 9.62 Å². The Balaban J connectivity index is 1.73. The second kappa shape index (κ2) is 9.63. The van der Waals surface area contributed by atoms with Crippen LogP contribution in [0.1, 0.15) is 10.4 Å². The summed E-state index contributed by atoms with van der Waals surface area (Å²) in [6.07, 6.45) is 0.974. The molecule has 8 nitrogen and oxygen atoms in total. The standard InChI is InChI=1S/C20H21ClFN3O5S/c1-31(28,29)25(13-19(26)23-15-4-7-18(22)17(21)12-15)16-5-2-14(3-6-16)20(27)24-8-10-30-11-9-24/h2-7,12H,8-11,13H2,1H3,(H,23,26). The highest BCUT2D eigenvalue weighted by Gasteiger charge is 2.23. The Morgan fingerprint density at radius 2 is 1.81 bits per heavy atom. The number of halogens is 2. The van der Waals surface area contributed by atoms with Crippen molar-refractivity contribution in [2.24, 2.45) is 0 Å². The van der Waals surface area contributed by atoms with Crippen LogP contribution in [0.15, 0.2) is 42.5 Å². The number of sulfonamides is 1. The molecule has 1 heterocycles. The van der Waals surface area contributed by atoms with E-state index in [1.807, 2.05) is 0 Å². The Morgan fingerprint density at radius 3 is 2.39 bits per heavy atom. The minimum Gasteiger partial charge on any atom is -0.378 e. The molecule has 0 saturated carbocycles. The van der Waals surface area contributed by atoms with Crippen LogP contribution >= 0.6 is 11.6 Å². The average molecular weight is 470 g/mol. The molecule has 3 rings (SSSR count). The zero-order valence-corrected chi connectivity index (χ0v) is 18.2. The van der Waals surface area contributed by atoms with Gasteiger partial charge < -0.3 is 15.0 Å². The Labute approximate surface area is 184 Å². The molecule has 1 aliphatic heterocycles. The van der Waals surface area contributed by atoms with Crippen molar-refractivity contribution in [3.05, 3.63) is 58.9 Å². The van der Waals surface area contributed by atoms with E-state index in [9.17, 15) is 22.4 Å². The van der Waals surface area contributed by atoms with E-state index in [0.29, 0.717) is 31.9 Å². The molecule has 0 aliphatic carbocycles. The fraction of sp³-hybridized carbons (Fsp3) is 0.300. The van der Waals surface area contributed by atoms with E-state index in [-0.39, 0.29) is 22.3 Å². The Kier molecular flexibility index (Phi) is 7.14. The summed E-state index contributed by atoms with van der Waals surface area (Å²) in [7, 11) is -3.80. The van der Waals surface area contributed by atoms with Gasteiger partial charge >= 0.3 is 0 Å². The highest BCUT2D eigenvalue weighted by molar-refractivity contribution is 7.92. The van der Waals surface area contributed by atoms with Gasteiger partial charge in [0.05, 0.1) is 30.2 Å². The lowest BCUT2D eigenvalue weighted by atomic mass is 10.1. The van der Waals surface area contributed by atoms with Gasteiger partial charge in [0.2, 0.25) is 15.9 Å². The summed E-state index contributed by atoms with van der Waals surface area (Å²) in [5.41, 5.74) is 0.870. The molecule has 0 radical (unpaired) electrons. The van der Waals surface area contributed by atoms with Gasteiger partial charge in [-0.05, 0) is 42.5 Å². The maximum absolute atomic E-state index is 13.3. The first-order valence-corrected chi connectivity index (χ1v) is 11.6. The first-order chi connectivity index (χ1) is 14.6. The van der Waals surface area contributed by atoms with E-state index in [1.54, 1.807) is 4.90 Å². The number of carbonyl (C=O) groups excluding carboxylic acids is 2. The molecule has 1 fully saturated rings. The number of carbonyl (C=O) groups is 2. The molecule has 0 bridgehead atoms. The average Bonchev–Trinajstić information content (AvgIpc) is 2.74. The topological polar surface area (TPSA) is 96.0 Å². The van der Waals surface area contributed by atoms with E-state index in [4.69, 9.17) is 16.3 Å². The van der Waals surface area contributed by atoms with Gasteiger partial charge in [-0.2, -0.15) is 0 Å². The third-order valence-electron chi connectivity index (χ3n) is 4.59. The quantitative estimate of drug-likeness (QED) is 0.700. The van der Waals surface area contributed by atoms with Gasteiger partial charge in [0.25, 0.3) is 5.91 Å². The largest absolute Gasteiger partial charge is 0.378 e. The van der Waals surface area contributed by atoms with Crippen molar-refractivity contribution in [1.82, 2.24) is 4.90 Å². The van der Waals surface area contributed by atoms with Gasteiger partial charge in [-0.1, -0.05) is 11.6 Å². The molecule has 1 N–H and O–H groups in total. The number of ether oxygens (including phenoxy) is 1. The summed E-state index contributed by atoms with van der Waals surface area (Å²) in [6.45, 7) is 1.41. The van der Waals surface area contributed by atoms with Crippen LogP contribution in [0.2, 0.25) is 5.02 Å². The van der Waals surface area contributed by atoms with Crippen LogP contribution in [0.25, 0.3) is 0 Å². The number of hydrogen-bond donors (Lipinski definition) is 1. The zero-order valence-electron chi connectivity index (χ0n) is 16.7. The van der Waals surface area contributed by atoms with Gasteiger partial charge in [-0.15, -0.1) is 0 Å². The summed E-state index contributed by atoms with van der Waals surface area (Å²) < 4.78 is 44.0. The molecule has 0 unspecified atom stereocenters. The van der Waals surface area contributed by atoms with Crippen LogP contribution in [0.3, 0.4) is 0 Å². The number of benzene rings is 2. The van der Waals surface area contributed by atoms with Gasteiger partial charge in [0.15, 0.2) is 0 Å². The Bertz CT molecular complexity index is 1070. The van der Waals surface area contributed by atoms with Crippen molar-refractivity contribution in [2.75, 3.05) is 48.7 Å². The first kappa shape index (κ1) is 23.0. The molecule has 1 saturated heterocycles. The number of amides is 2. The number of anilines is 2. The van der Waals surface area contributed by atoms with Gasteiger partial charge in [-0.25, -0.2) is 12.8 Å². The van der Waals surface area contributed by atoms with Crippen molar-refractivity contribution in [2.45, 2.75) is 0 Å². The third-order valence-corrected chi connectivity index (χ3v) is 6.02. The minimum absolute atomic E-state index is 0.168. The smallest absolute Gasteiger partial charge is 0.254 e. The second-order valence-electron chi connectivity index (χ2n) is 6.90. The molecule has 2 amide bonds. The maximum Gasteiger partial charge on any atom is 0.254 e. The fourth-order valence-electron chi connectivity index (χ4n) is 3.02. The molecular weight excluding hydrogens is 449 g/mol. The minimum atomic E-state index is -3.80. The third kappa shape index (κ3) is 5.93. The van der Waals surface area contributed by atoms with Gasteiger partial charge in [0, 0.05) is 24.3 Å². The normalized spacial score (nSPS) is 14.2. The van der Waals surface area contributed by atoms with Crippen molar-refractivity contribution in [1.29, 1.82) is 0 Å². The highest BCUT2D eigenvalue weighted by Crippen LogP contribution is 2.21. The summed E-state index contributed by atoms with van der Waals surface area (Å²) in [6, 6.07) is 9.61. The number of nitrogens with one attached hydrogen (secondary N) is 1. The second-order valence-corrected chi connectivity index (χ2v) is 9.21. The molecule has 0 aromatic heterocycles. The zero-order chi connectivity index (χ0) is 22.6. The predicted octanol–water partition coefficient (Wildman–Crippen LogP) is 2.36. The first-order valence-electron chi connectivity index (χ1n) is 9.35. The summed E-state index contributed by atoms with van der Waals surface area (Å²) in [5.74, 6) is -1.45. The van der Waals surface area contributed by atoms with E-state index in [2.05, 4.69) is 5.32 Å². The molecule has 11 heteroatoms. The number of rotatable bonds is 6. The molecule has 1 aliphatic rings. The Morgan fingerprint density at radius 1 is 1.16 bits per heavy atom. The molecule has 31 heavy (non-hydrogen) atoms. The van der Waals surface area contributed by atoms with Crippen LogP contribution in [-0.4, -0.2) is 64.2 Å². The molecule has 2 aromatic rings. The summed E-state index contributed by atoms with van der Waals surface area (Å²) in [4.78, 5) is 26.6. The van der Waals surface area contributed by atoms with Crippen molar-refractivity contribution in [3.63, 3.8) is 0 Å². The molecule has 0 spiro atoms. The van der Waals surface area contributed by atoms with Crippen molar-refractivity contribution < 1.29 is 27.1 Å². The van der Waals surface area contributed by atoms with Crippen molar-refractivity contribution >= 4 is 44.8 Å². The predicted molar refractivity (Wildman–Crippen MR) is 115 cm³/mol. The number of nitrogens with zero attached hydrogens (tertiary/aromatic N) is 2. The van der Waals surface area contributed by atoms with E-state index in [0.717, 1.165) is 16.6 Å². The lowest BCUT2D eigenvalue weighted by Gasteiger charge is -2.27. The van der Waals surface area contributed by atoms with Crippen LogP contribution in [-0.2, 0) is 19.6 Å². The van der Waals surface area contributed by atoms with Gasteiger partial charge in [0.1, 0.15) is 12.4 Å². The lowest BCUT2D eigenvalue weighted by molar-refractivity contribution is -0.114. The SMILES string of the molecule is CS(=O)(=O)N(CC(=O)Nc1ccc(F)c(Cl)c1)c1ccc(C(=O)N2CCOCC2)cc1. The fourth-order valence-corrected chi connectivity index (χ4v) is 4.06. The molecule has 166 valence electrons. The van der Waals surface area contributed by atoms with Gasteiger partial charge in [-0.3, -0.25) is 13.9 Å². The monoisotopic (exact) mass is 469 g/mol. The van der Waals surface area contributed by atoms with Crippen LogP contribution in [0, 0.1) is 5.82 Å². The highest BCUT2D eigenvalue weighted by atomic mass is 35.5. The maximum atomic E-state index is 13.3. The molecule has 0 atom stereocenters. The summed E-state index contributed by atoms with van der Waals surface area (Å²) >= 11 is 5.70. The van der Waals surface area contributed by atoms with Crippen LogP contribution in [0.4, 0.5) is 15.8 Å². The van der Waals surface area contributed by atoms with E-state index in [1.165, 1.54) is 36.4 Å². The Hall–Kier alpha value is -2.69. The molecular formula is C20H21ClFN3O5S. The van der Waals surface area contributed by atoms with Crippen LogP contribution in [0.5, 0.6) is 0 Å².